The second-order valence-corrected chi connectivity index (χ2v) is 5.92. The van der Waals surface area contributed by atoms with Crippen molar-refractivity contribution < 1.29 is 4.74 Å². The van der Waals surface area contributed by atoms with Crippen molar-refractivity contribution in [2.45, 2.75) is 25.4 Å². The van der Waals surface area contributed by atoms with Crippen LogP contribution in [0.5, 0.6) is 0 Å². The molecule has 0 aliphatic heterocycles. The van der Waals surface area contributed by atoms with E-state index in [0.29, 0.717) is 5.92 Å². The highest BCUT2D eigenvalue weighted by atomic mass is 35.5. The molecule has 2 atom stereocenters. The van der Waals surface area contributed by atoms with Crippen LogP contribution < -0.4 is 0 Å². The molecule has 0 saturated heterocycles. The van der Waals surface area contributed by atoms with Crippen LogP contribution in [-0.2, 0) is 11.3 Å². The molecule has 104 valence electrons. The molecule has 0 radical (unpaired) electrons. The molecule has 0 bridgehead atoms. The van der Waals surface area contributed by atoms with Gasteiger partial charge in [0, 0.05) is 11.6 Å². The summed E-state index contributed by atoms with van der Waals surface area (Å²) >= 11 is 6.03. The Bertz CT molecular complexity index is 552. The number of benzene rings is 2. The summed E-state index contributed by atoms with van der Waals surface area (Å²) in [4.78, 5) is 0. The molecule has 1 saturated carbocycles. The third-order valence-corrected chi connectivity index (χ3v) is 4.18. The predicted octanol–water partition coefficient (Wildman–Crippen LogP) is 5.05. The Morgan fingerprint density at radius 3 is 2.70 bits per heavy atom. The molecule has 1 fully saturated rings. The molecule has 2 aromatic carbocycles. The van der Waals surface area contributed by atoms with E-state index in [0.717, 1.165) is 30.6 Å². The molecular formula is C18H19ClO. The summed E-state index contributed by atoms with van der Waals surface area (Å²) in [5, 5.41) is 0.841. The van der Waals surface area contributed by atoms with Crippen molar-refractivity contribution in [2.75, 3.05) is 6.61 Å². The lowest BCUT2D eigenvalue weighted by Crippen LogP contribution is -1.97. The van der Waals surface area contributed by atoms with E-state index in [1.54, 1.807) is 0 Å². The highest BCUT2D eigenvalue weighted by Gasteiger charge is 2.37. The lowest BCUT2D eigenvalue weighted by Gasteiger charge is -2.04. The van der Waals surface area contributed by atoms with Gasteiger partial charge in [0.1, 0.15) is 0 Å². The summed E-state index contributed by atoms with van der Waals surface area (Å²) in [6.07, 6.45) is 2.42. The monoisotopic (exact) mass is 286 g/mol. The minimum atomic E-state index is 0.689. The summed E-state index contributed by atoms with van der Waals surface area (Å²) < 4.78 is 5.75. The van der Waals surface area contributed by atoms with Crippen molar-refractivity contribution in [3.05, 3.63) is 70.7 Å². The van der Waals surface area contributed by atoms with E-state index in [4.69, 9.17) is 16.3 Å². The number of rotatable bonds is 6. The summed E-state index contributed by atoms with van der Waals surface area (Å²) in [6.45, 7) is 1.56. The van der Waals surface area contributed by atoms with E-state index in [1.807, 2.05) is 18.2 Å². The largest absolute Gasteiger partial charge is 0.377 e. The first-order valence-corrected chi connectivity index (χ1v) is 7.58. The van der Waals surface area contributed by atoms with Crippen molar-refractivity contribution in [2.24, 2.45) is 5.92 Å². The molecule has 0 aromatic heterocycles. The summed E-state index contributed by atoms with van der Waals surface area (Å²) in [6, 6.07) is 18.6. The van der Waals surface area contributed by atoms with Crippen molar-refractivity contribution in [1.29, 1.82) is 0 Å². The summed E-state index contributed by atoms with van der Waals surface area (Å²) in [5.74, 6) is 1.46. The van der Waals surface area contributed by atoms with Gasteiger partial charge in [0.2, 0.25) is 0 Å². The average molecular weight is 287 g/mol. The van der Waals surface area contributed by atoms with Crippen molar-refractivity contribution >= 4 is 11.6 Å². The third kappa shape index (κ3) is 3.62. The fourth-order valence-corrected chi connectivity index (χ4v) is 2.91. The van der Waals surface area contributed by atoms with Crippen LogP contribution >= 0.6 is 11.6 Å². The number of hydrogen-bond donors (Lipinski definition) is 0. The molecule has 2 heteroatoms. The smallest absolute Gasteiger partial charge is 0.0716 e. The minimum Gasteiger partial charge on any atom is -0.377 e. The first-order chi connectivity index (χ1) is 9.83. The van der Waals surface area contributed by atoms with Crippen LogP contribution in [0.1, 0.15) is 29.9 Å². The zero-order valence-corrected chi connectivity index (χ0v) is 12.2. The van der Waals surface area contributed by atoms with Gasteiger partial charge in [-0.15, -0.1) is 0 Å². The molecule has 0 amide bonds. The predicted molar refractivity (Wildman–Crippen MR) is 83.0 cm³/mol. The molecule has 0 unspecified atom stereocenters. The summed E-state index contributed by atoms with van der Waals surface area (Å²) in [7, 11) is 0. The van der Waals surface area contributed by atoms with Gasteiger partial charge < -0.3 is 4.74 Å². The Kier molecular flexibility index (Phi) is 4.39. The highest BCUT2D eigenvalue weighted by Crippen LogP contribution is 2.49. The molecular weight excluding hydrogens is 268 g/mol. The zero-order chi connectivity index (χ0) is 13.8. The average Bonchev–Trinajstić information content (AvgIpc) is 3.24. The fourth-order valence-electron chi connectivity index (χ4n) is 2.71. The van der Waals surface area contributed by atoms with E-state index < -0.39 is 0 Å². The molecule has 20 heavy (non-hydrogen) atoms. The Labute approximate surface area is 125 Å². The Balaban J connectivity index is 1.39. The Morgan fingerprint density at radius 1 is 1.05 bits per heavy atom. The topological polar surface area (TPSA) is 9.23 Å². The van der Waals surface area contributed by atoms with Crippen LogP contribution in [0.2, 0.25) is 5.02 Å². The minimum absolute atomic E-state index is 0.689. The van der Waals surface area contributed by atoms with Gasteiger partial charge in [0.05, 0.1) is 6.61 Å². The first kappa shape index (κ1) is 13.7. The van der Waals surface area contributed by atoms with Gasteiger partial charge in [-0.2, -0.15) is 0 Å². The second-order valence-electron chi connectivity index (χ2n) is 5.48. The Hall–Kier alpha value is -1.31. The lowest BCUT2D eigenvalue weighted by molar-refractivity contribution is 0.114. The molecule has 3 rings (SSSR count). The molecule has 1 aliphatic rings. The molecule has 2 aromatic rings. The van der Waals surface area contributed by atoms with Crippen LogP contribution in [-0.4, -0.2) is 6.61 Å². The van der Waals surface area contributed by atoms with Crippen LogP contribution in [0.3, 0.4) is 0 Å². The quantitative estimate of drug-likeness (QED) is 0.675. The van der Waals surface area contributed by atoms with Crippen molar-refractivity contribution in [3.8, 4) is 0 Å². The van der Waals surface area contributed by atoms with E-state index in [1.165, 1.54) is 17.5 Å². The third-order valence-electron chi connectivity index (χ3n) is 3.94. The number of hydrogen-bond acceptors (Lipinski definition) is 1. The van der Waals surface area contributed by atoms with Gasteiger partial charge in [-0.05, 0) is 47.9 Å². The maximum atomic E-state index is 6.03. The molecule has 0 spiro atoms. The molecule has 1 nitrogen and oxygen atoms in total. The van der Waals surface area contributed by atoms with Gasteiger partial charge in [-0.25, -0.2) is 0 Å². The van der Waals surface area contributed by atoms with Crippen LogP contribution in [0.15, 0.2) is 54.6 Å². The number of halogens is 1. The van der Waals surface area contributed by atoms with Gasteiger partial charge in [0.25, 0.3) is 0 Å². The molecule has 0 N–H and O–H groups in total. The maximum Gasteiger partial charge on any atom is 0.0716 e. The lowest BCUT2D eigenvalue weighted by atomic mass is 10.1. The van der Waals surface area contributed by atoms with Crippen LogP contribution in [0, 0.1) is 5.92 Å². The second kappa shape index (κ2) is 6.43. The maximum absolute atomic E-state index is 6.03. The fraction of sp³-hybridized carbons (Fsp3) is 0.333. The van der Waals surface area contributed by atoms with E-state index >= 15 is 0 Å². The van der Waals surface area contributed by atoms with Gasteiger partial charge in [-0.1, -0.05) is 54.1 Å². The van der Waals surface area contributed by atoms with E-state index in [2.05, 4.69) is 36.4 Å². The van der Waals surface area contributed by atoms with Gasteiger partial charge in [0.15, 0.2) is 0 Å². The first-order valence-electron chi connectivity index (χ1n) is 7.20. The SMILES string of the molecule is Clc1cccc([C@H]2C[C@@H]2CCOCc2ccccc2)c1. The molecule has 0 heterocycles. The van der Waals surface area contributed by atoms with Crippen molar-refractivity contribution in [1.82, 2.24) is 0 Å². The number of ether oxygens (including phenoxy) is 1. The Morgan fingerprint density at radius 2 is 1.90 bits per heavy atom. The molecule has 1 aliphatic carbocycles. The van der Waals surface area contributed by atoms with Crippen LogP contribution in [0.25, 0.3) is 0 Å². The highest BCUT2D eigenvalue weighted by molar-refractivity contribution is 6.30. The summed E-state index contributed by atoms with van der Waals surface area (Å²) in [5.41, 5.74) is 2.63. The van der Waals surface area contributed by atoms with Crippen molar-refractivity contribution in [3.63, 3.8) is 0 Å². The van der Waals surface area contributed by atoms with E-state index in [9.17, 15) is 0 Å². The van der Waals surface area contributed by atoms with Gasteiger partial charge in [-0.3, -0.25) is 0 Å². The normalized spacial score (nSPS) is 20.9. The van der Waals surface area contributed by atoms with E-state index in [-0.39, 0.29) is 0 Å². The zero-order valence-electron chi connectivity index (χ0n) is 11.5. The van der Waals surface area contributed by atoms with Gasteiger partial charge >= 0.3 is 0 Å². The standard InChI is InChI=1S/C18H19ClO/c19-17-8-4-7-15(11-17)18-12-16(18)9-10-20-13-14-5-2-1-3-6-14/h1-8,11,16,18H,9-10,12-13H2/t16-,18+/m0/s1. The van der Waals surface area contributed by atoms with Crippen LogP contribution in [0.4, 0.5) is 0 Å².